The number of hydrogen-bond acceptors (Lipinski definition) is 3. The summed E-state index contributed by atoms with van der Waals surface area (Å²) in [6, 6.07) is 14.9. The largest absolute Gasteiger partial charge is 0.493 e. The number of nitrogens with two attached hydrogens (primary N) is 1. The number of aryl methyl sites for hydroxylation is 1. The summed E-state index contributed by atoms with van der Waals surface area (Å²) >= 11 is 0. The van der Waals surface area contributed by atoms with E-state index in [-0.39, 0.29) is 0 Å². The summed E-state index contributed by atoms with van der Waals surface area (Å²) in [5.74, 6) is 1.40. The van der Waals surface area contributed by atoms with Crippen LogP contribution in [-0.4, -0.2) is 20.2 Å². The molecule has 3 heteroatoms. The molecule has 0 saturated carbocycles. The summed E-state index contributed by atoms with van der Waals surface area (Å²) in [7, 11) is 2.08. The van der Waals surface area contributed by atoms with E-state index in [9.17, 15) is 0 Å². The van der Waals surface area contributed by atoms with Crippen LogP contribution in [-0.2, 0) is 0 Å². The molecule has 0 bridgehead atoms. The lowest BCUT2D eigenvalue weighted by molar-refractivity contribution is 0.269. The molecule has 0 fully saturated rings. The van der Waals surface area contributed by atoms with Gasteiger partial charge in [-0.1, -0.05) is 18.2 Å². The van der Waals surface area contributed by atoms with Crippen molar-refractivity contribution in [1.82, 2.24) is 0 Å². The average Bonchev–Trinajstić information content (AvgIpc) is 2.53. The summed E-state index contributed by atoms with van der Waals surface area (Å²) in [5.41, 5.74) is 10.7. The van der Waals surface area contributed by atoms with Gasteiger partial charge in [0, 0.05) is 30.4 Å². The molecule has 0 amide bonds. The van der Waals surface area contributed by atoms with Crippen LogP contribution in [0.3, 0.4) is 0 Å². The van der Waals surface area contributed by atoms with Gasteiger partial charge in [0.05, 0.1) is 6.61 Å². The van der Waals surface area contributed by atoms with Crippen LogP contribution >= 0.6 is 0 Å². The Morgan fingerprint density at radius 2 is 2.00 bits per heavy atom. The van der Waals surface area contributed by atoms with E-state index in [0.717, 1.165) is 24.5 Å². The zero-order chi connectivity index (χ0) is 14.8. The lowest BCUT2D eigenvalue weighted by atomic mass is 9.93. The molecule has 3 rings (SSSR count). The van der Waals surface area contributed by atoms with Crippen molar-refractivity contribution in [1.29, 1.82) is 0 Å². The van der Waals surface area contributed by atoms with Crippen LogP contribution in [0.1, 0.15) is 23.5 Å². The van der Waals surface area contributed by atoms with E-state index in [1.165, 1.54) is 16.8 Å². The molecule has 110 valence electrons. The Kier molecular flexibility index (Phi) is 3.84. The monoisotopic (exact) mass is 282 g/mol. The third kappa shape index (κ3) is 2.74. The molecule has 0 aromatic heterocycles. The number of ether oxygens (including phenoxy) is 1. The van der Waals surface area contributed by atoms with Crippen LogP contribution in [0.2, 0.25) is 0 Å². The zero-order valence-corrected chi connectivity index (χ0v) is 12.7. The molecular weight excluding hydrogens is 260 g/mol. The molecule has 0 saturated heterocycles. The van der Waals surface area contributed by atoms with Crippen LogP contribution in [0, 0.1) is 6.92 Å². The third-order valence-electron chi connectivity index (χ3n) is 4.22. The number of anilines is 2. The van der Waals surface area contributed by atoms with E-state index in [2.05, 4.69) is 61.3 Å². The summed E-state index contributed by atoms with van der Waals surface area (Å²) < 4.78 is 5.82. The van der Waals surface area contributed by atoms with Gasteiger partial charge in [-0.3, -0.25) is 0 Å². The first-order valence-electron chi connectivity index (χ1n) is 7.46. The fourth-order valence-corrected chi connectivity index (χ4v) is 2.89. The fourth-order valence-electron chi connectivity index (χ4n) is 2.89. The molecule has 0 aliphatic carbocycles. The minimum atomic E-state index is 0.423. The summed E-state index contributed by atoms with van der Waals surface area (Å²) in [5, 5.41) is 0. The van der Waals surface area contributed by atoms with Crippen molar-refractivity contribution in [3.8, 4) is 5.75 Å². The van der Waals surface area contributed by atoms with Crippen molar-refractivity contribution in [3.05, 3.63) is 53.6 Å². The van der Waals surface area contributed by atoms with Crippen LogP contribution < -0.4 is 15.4 Å². The van der Waals surface area contributed by atoms with Gasteiger partial charge in [0.25, 0.3) is 0 Å². The zero-order valence-electron chi connectivity index (χ0n) is 12.7. The maximum absolute atomic E-state index is 5.86. The van der Waals surface area contributed by atoms with Crippen molar-refractivity contribution in [3.63, 3.8) is 0 Å². The van der Waals surface area contributed by atoms with Gasteiger partial charge in [0.1, 0.15) is 5.75 Å². The predicted molar refractivity (Wildman–Crippen MR) is 87.6 cm³/mol. The first-order chi connectivity index (χ1) is 10.2. The second-order valence-corrected chi connectivity index (χ2v) is 5.69. The van der Waals surface area contributed by atoms with E-state index in [0.29, 0.717) is 12.5 Å². The number of nitrogens with zero attached hydrogens (tertiary/aromatic N) is 1. The van der Waals surface area contributed by atoms with Crippen LogP contribution in [0.4, 0.5) is 11.4 Å². The molecule has 1 aliphatic heterocycles. The highest BCUT2D eigenvalue weighted by Crippen LogP contribution is 2.37. The summed E-state index contributed by atoms with van der Waals surface area (Å²) in [4.78, 5) is 2.18. The molecule has 0 radical (unpaired) electrons. The van der Waals surface area contributed by atoms with Crippen molar-refractivity contribution >= 4 is 11.4 Å². The highest BCUT2D eigenvalue weighted by molar-refractivity contribution is 5.65. The van der Waals surface area contributed by atoms with E-state index in [4.69, 9.17) is 10.5 Å². The van der Waals surface area contributed by atoms with Gasteiger partial charge >= 0.3 is 0 Å². The Morgan fingerprint density at radius 3 is 2.76 bits per heavy atom. The van der Waals surface area contributed by atoms with E-state index < -0.39 is 0 Å². The van der Waals surface area contributed by atoms with Gasteiger partial charge in [0.2, 0.25) is 0 Å². The van der Waals surface area contributed by atoms with Gasteiger partial charge in [0.15, 0.2) is 0 Å². The van der Waals surface area contributed by atoms with Crippen LogP contribution in [0.15, 0.2) is 42.5 Å². The summed E-state index contributed by atoms with van der Waals surface area (Å²) in [6.07, 6.45) is 1.01. The van der Waals surface area contributed by atoms with Gasteiger partial charge in [-0.15, -0.1) is 0 Å². The number of rotatable bonds is 3. The van der Waals surface area contributed by atoms with Crippen LogP contribution in [0.25, 0.3) is 0 Å². The molecule has 0 spiro atoms. The standard InChI is InChI=1S/C18H22N2O/c1-13-4-3-5-15(10-13)20(2)16-6-7-17-14(12-19)8-9-21-18(17)11-16/h3-7,10-11,14H,8-9,12,19H2,1-2H3/t14-/m0/s1. The van der Waals surface area contributed by atoms with E-state index in [1.807, 2.05) is 0 Å². The molecule has 2 aromatic carbocycles. The Hall–Kier alpha value is -2.00. The Bertz CT molecular complexity index is 639. The molecule has 2 aromatic rings. The maximum Gasteiger partial charge on any atom is 0.124 e. The Balaban J connectivity index is 1.93. The minimum absolute atomic E-state index is 0.423. The molecule has 1 aliphatic rings. The quantitative estimate of drug-likeness (QED) is 0.935. The normalized spacial score (nSPS) is 17.0. The number of benzene rings is 2. The van der Waals surface area contributed by atoms with Gasteiger partial charge < -0.3 is 15.4 Å². The molecule has 1 atom stereocenters. The Morgan fingerprint density at radius 1 is 1.19 bits per heavy atom. The second-order valence-electron chi connectivity index (χ2n) is 5.69. The maximum atomic E-state index is 5.86. The molecular formula is C18H22N2O. The molecule has 21 heavy (non-hydrogen) atoms. The number of hydrogen-bond donors (Lipinski definition) is 1. The lowest BCUT2D eigenvalue weighted by Crippen LogP contribution is -2.21. The van der Waals surface area contributed by atoms with Gasteiger partial charge in [-0.05, 0) is 49.2 Å². The molecule has 1 heterocycles. The molecule has 0 unspecified atom stereocenters. The summed E-state index contributed by atoms with van der Waals surface area (Å²) in [6.45, 7) is 3.55. The SMILES string of the molecule is Cc1cccc(N(C)c2ccc3c(c2)OCC[C@H]3CN)c1. The Labute approximate surface area is 126 Å². The van der Waals surface area contributed by atoms with Crippen molar-refractivity contribution < 1.29 is 4.74 Å². The number of fused-ring (bicyclic) bond motifs is 1. The van der Waals surface area contributed by atoms with Crippen molar-refractivity contribution in [2.45, 2.75) is 19.3 Å². The van der Waals surface area contributed by atoms with Crippen LogP contribution in [0.5, 0.6) is 5.75 Å². The van der Waals surface area contributed by atoms with Crippen molar-refractivity contribution in [2.75, 3.05) is 25.1 Å². The van der Waals surface area contributed by atoms with Gasteiger partial charge in [-0.25, -0.2) is 0 Å². The van der Waals surface area contributed by atoms with E-state index >= 15 is 0 Å². The first kappa shape index (κ1) is 14.0. The topological polar surface area (TPSA) is 38.5 Å². The first-order valence-corrected chi connectivity index (χ1v) is 7.46. The molecule has 3 nitrogen and oxygen atoms in total. The third-order valence-corrected chi connectivity index (χ3v) is 4.22. The highest BCUT2D eigenvalue weighted by Gasteiger charge is 2.21. The molecule has 2 N–H and O–H groups in total. The minimum Gasteiger partial charge on any atom is -0.493 e. The van der Waals surface area contributed by atoms with Gasteiger partial charge in [-0.2, -0.15) is 0 Å². The van der Waals surface area contributed by atoms with E-state index in [1.54, 1.807) is 0 Å². The highest BCUT2D eigenvalue weighted by atomic mass is 16.5. The predicted octanol–water partition coefficient (Wildman–Crippen LogP) is 3.59. The lowest BCUT2D eigenvalue weighted by Gasteiger charge is -2.27. The van der Waals surface area contributed by atoms with Crippen molar-refractivity contribution in [2.24, 2.45) is 5.73 Å². The second kappa shape index (κ2) is 5.78. The average molecular weight is 282 g/mol. The fraction of sp³-hybridized carbons (Fsp3) is 0.333. The smallest absolute Gasteiger partial charge is 0.124 e.